The van der Waals surface area contributed by atoms with Crippen LogP contribution in [-0.4, -0.2) is 38.6 Å². The molecule has 1 atom stereocenters. The molecule has 0 aliphatic heterocycles. The third-order valence-electron chi connectivity index (χ3n) is 2.83. The van der Waals surface area contributed by atoms with Gasteiger partial charge in [0.15, 0.2) is 0 Å². The van der Waals surface area contributed by atoms with Crippen molar-refractivity contribution in [3.8, 4) is 0 Å². The number of ether oxygens (including phenoxy) is 2. The molecule has 0 spiro atoms. The Hall–Kier alpha value is -0.970. The maximum Gasteiger partial charge on any atom is 0.123 e. The van der Waals surface area contributed by atoms with Gasteiger partial charge in [-0.3, -0.25) is 0 Å². The third kappa shape index (κ3) is 5.58. The molecule has 0 radical (unpaired) electrons. The predicted molar refractivity (Wildman–Crippen MR) is 68.2 cm³/mol. The lowest BCUT2D eigenvalue weighted by molar-refractivity contribution is 0.0673. The van der Waals surface area contributed by atoms with Gasteiger partial charge in [-0.2, -0.15) is 0 Å². The molecule has 1 aromatic carbocycles. The molecule has 0 bridgehead atoms. The van der Waals surface area contributed by atoms with Gasteiger partial charge in [-0.05, 0) is 30.5 Å². The Morgan fingerprint density at radius 2 is 1.89 bits per heavy atom. The fraction of sp³-hybridized carbons (Fsp3) is 0.571. The smallest absolute Gasteiger partial charge is 0.123 e. The van der Waals surface area contributed by atoms with E-state index < -0.39 is 0 Å². The summed E-state index contributed by atoms with van der Waals surface area (Å²) in [5, 5.41) is 9.33. The SMILES string of the molecule is COCCOCCCC(CO)c1ccc(F)cc1. The second-order valence-electron chi connectivity index (χ2n) is 4.18. The minimum Gasteiger partial charge on any atom is -0.396 e. The molecule has 18 heavy (non-hydrogen) atoms. The molecule has 102 valence electrons. The number of rotatable bonds is 9. The van der Waals surface area contributed by atoms with Gasteiger partial charge in [-0.25, -0.2) is 4.39 Å². The Bertz CT molecular complexity index is 313. The zero-order valence-corrected chi connectivity index (χ0v) is 10.8. The number of halogens is 1. The minimum atomic E-state index is -0.252. The van der Waals surface area contributed by atoms with E-state index in [0.29, 0.717) is 19.8 Å². The molecule has 0 aliphatic rings. The molecule has 1 rings (SSSR count). The second kappa shape index (κ2) is 9.03. The number of hydrogen-bond donors (Lipinski definition) is 1. The molecule has 1 unspecified atom stereocenters. The van der Waals surface area contributed by atoms with E-state index in [1.165, 1.54) is 12.1 Å². The van der Waals surface area contributed by atoms with Crippen molar-refractivity contribution < 1.29 is 19.0 Å². The minimum absolute atomic E-state index is 0.0524. The first-order chi connectivity index (χ1) is 8.77. The summed E-state index contributed by atoms with van der Waals surface area (Å²) < 4.78 is 23.0. The molecular formula is C14H21FO3. The molecule has 0 aliphatic carbocycles. The normalized spacial score (nSPS) is 12.6. The number of methoxy groups -OCH3 is 1. The van der Waals surface area contributed by atoms with Crippen molar-refractivity contribution in [1.29, 1.82) is 0 Å². The second-order valence-corrected chi connectivity index (χ2v) is 4.18. The lowest BCUT2D eigenvalue weighted by Crippen LogP contribution is -2.08. The Kier molecular flexibility index (Phi) is 7.57. The van der Waals surface area contributed by atoms with Gasteiger partial charge in [0, 0.05) is 26.2 Å². The van der Waals surface area contributed by atoms with Crippen molar-refractivity contribution >= 4 is 0 Å². The standard InChI is InChI=1S/C14H21FO3/c1-17-9-10-18-8-2-3-13(11-16)12-4-6-14(15)7-5-12/h4-7,13,16H,2-3,8-11H2,1H3. The fourth-order valence-electron chi connectivity index (χ4n) is 1.77. The van der Waals surface area contributed by atoms with Crippen molar-refractivity contribution in [2.24, 2.45) is 0 Å². The first kappa shape index (κ1) is 15.1. The molecule has 1 aromatic rings. The van der Waals surface area contributed by atoms with Crippen LogP contribution in [0.15, 0.2) is 24.3 Å². The molecule has 0 aromatic heterocycles. The molecule has 0 saturated heterocycles. The van der Waals surface area contributed by atoms with Gasteiger partial charge in [0.2, 0.25) is 0 Å². The van der Waals surface area contributed by atoms with Crippen molar-refractivity contribution in [1.82, 2.24) is 0 Å². The van der Waals surface area contributed by atoms with Gasteiger partial charge in [0.05, 0.1) is 13.2 Å². The first-order valence-corrected chi connectivity index (χ1v) is 6.21. The van der Waals surface area contributed by atoms with E-state index in [2.05, 4.69) is 0 Å². The lowest BCUT2D eigenvalue weighted by atomic mass is 9.95. The van der Waals surface area contributed by atoms with E-state index in [1.807, 2.05) is 0 Å². The van der Waals surface area contributed by atoms with E-state index in [9.17, 15) is 9.50 Å². The van der Waals surface area contributed by atoms with Crippen LogP contribution in [0.3, 0.4) is 0 Å². The Balaban J connectivity index is 2.27. The first-order valence-electron chi connectivity index (χ1n) is 6.21. The fourth-order valence-corrected chi connectivity index (χ4v) is 1.77. The highest BCUT2D eigenvalue weighted by Gasteiger charge is 2.10. The number of benzene rings is 1. The zero-order chi connectivity index (χ0) is 13.2. The summed E-state index contributed by atoms with van der Waals surface area (Å²) in [6.07, 6.45) is 1.70. The van der Waals surface area contributed by atoms with Crippen LogP contribution in [0.4, 0.5) is 4.39 Å². The van der Waals surface area contributed by atoms with Gasteiger partial charge in [-0.1, -0.05) is 12.1 Å². The summed E-state index contributed by atoms with van der Waals surface area (Å²) in [5.41, 5.74) is 0.968. The quantitative estimate of drug-likeness (QED) is 0.689. The van der Waals surface area contributed by atoms with Gasteiger partial charge in [0.1, 0.15) is 5.82 Å². The van der Waals surface area contributed by atoms with Crippen molar-refractivity contribution in [3.63, 3.8) is 0 Å². The molecule has 0 fully saturated rings. The number of hydrogen-bond acceptors (Lipinski definition) is 3. The lowest BCUT2D eigenvalue weighted by Gasteiger charge is -2.14. The van der Waals surface area contributed by atoms with Crippen LogP contribution in [0.5, 0.6) is 0 Å². The highest BCUT2D eigenvalue weighted by Crippen LogP contribution is 2.20. The van der Waals surface area contributed by atoms with Crippen molar-refractivity contribution in [2.45, 2.75) is 18.8 Å². The summed E-state index contributed by atoms with van der Waals surface area (Å²) in [6, 6.07) is 6.30. The Morgan fingerprint density at radius 1 is 1.17 bits per heavy atom. The van der Waals surface area contributed by atoms with Gasteiger partial charge in [-0.15, -0.1) is 0 Å². The van der Waals surface area contributed by atoms with E-state index in [1.54, 1.807) is 19.2 Å². The van der Waals surface area contributed by atoms with Crippen LogP contribution in [-0.2, 0) is 9.47 Å². The van der Waals surface area contributed by atoms with E-state index >= 15 is 0 Å². The summed E-state index contributed by atoms with van der Waals surface area (Å²) in [7, 11) is 1.64. The van der Waals surface area contributed by atoms with E-state index in [-0.39, 0.29) is 18.3 Å². The van der Waals surface area contributed by atoms with Crippen molar-refractivity contribution in [3.05, 3.63) is 35.6 Å². The highest BCUT2D eigenvalue weighted by atomic mass is 19.1. The molecule has 4 heteroatoms. The number of aliphatic hydroxyl groups is 1. The molecular weight excluding hydrogens is 235 g/mol. The van der Waals surface area contributed by atoms with E-state index in [0.717, 1.165) is 18.4 Å². The summed E-state index contributed by atoms with van der Waals surface area (Å²) in [5.74, 6) is -0.199. The van der Waals surface area contributed by atoms with Gasteiger partial charge in [0.25, 0.3) is 0 Å². The maximum atomic E-state index is 12.8. The van der Waals surface area contributed by atoms with Crippen LogP contribution in [0.1, 0.15) is 24.3 Å². The predicted octanol–water partition coefficient (Wildman–Crippen LogP) is 2.34. The van der Waals surface area contributed by atoms with E-state index in [4.69, 9.17) is 9.47 Å². The van der Waals surface area contributed by atoms with Gasteiger partial charge >= 0.3 is 0 Å². The molecule has 1 N–H and O–H groups in total. The molecule has 3 nitrogen and oxygen atoms in total. The molecule has 0 amide bonds. The monoisotopic (exact) mass is 256 g/mol. The molecule has 0 heterocycles. The van der Waals surface area contributed by atoms with Gasteiger partial charge < -0.3 is 14.6 Å². The van der Waals surface area contributed by atoms with Crippen LogP contribution in [0.25, 0.3) is 0 Å². The topological polar surface area (TPSA) is 38.7 Å². The Labute approximate surface area is 108 Å². The summed E-state index contributed by atoms with van der Waals surface area (Å²) in [6.45, 7) is 1.92. The average molecular weight is 256 g/mol. The number of aliphatic hydroxyl groups excluding tert-OH is 1. The highest BCUT2D eigenvalue weighted by molar-refractivity contribution is 5.20. The summed E-state index contributed by atoms with van der Waals surface area (Å²) >= 11 is 0. The van der Waals surface area contributed by atoms with Crippen LogP contribution in [0, 0.1) is 5.82 Å². The summed E-state index contributed by atoms with van der Waals surface area (Å²) in [4.78, 5) is 0. The largest absolute Gasteiger partial charge is 0.396 e. The van der Waals surface area contributed by atoms with Crippen molar-refractivity contribution in [2.75, 3.05) is 33.5 Å². The third-order valence-corrected chi connectivity index (χ3v) is 2.83. The van der Waals surface area contributed by atoms with Crippen LogP contribution >= 0.6 is 0 Å². The van der Waals surface area contributed by atoms with Crippen LogP contribution in [0.2, 0.25) is 0 Å². The zero-order valence-electron chi connectivity index (χ0n) is 10.8. The van der Waals surface area contributed by atoms with Crippen LogP contribution < -0.4 is 0 Å². The molecule has 0 saturated carbocycles. The Morgan fingerprint density at radius 3 is 2.50 bits per heavy atom. The maximum absolute atomic E-state index is 12.8. The average Bonchev–Trinajstić information content (AvgIpc) is 2.39.